The van der Waals surface area contributed by atoms with Crippen LogP contribution >= 0.6 is 15.9 Å². The van der Waals surface area contributed by atoms with Gasteiger partial charge in [0.25, 0.3) is 5.91 Å². The van der Waals surface area contributed by atoms with E-state index in [1.165, 1.54) is 5.56 Å². The van der Waals surface area contributed by atoms with Gasteiger partial charge in [0.2, 0.25) is 0 Å². The number of hydrogen-bond acceptors (Lipinski definition) is 3. The van der Waals surface area contributed by atoms with Gasteiger partial charge in [0.1, 0.15) is 5.75 Å². The van der Waals surface area contributed by atoms with Crippen LogP contribution in [0.5, 0.6) is 5.75 Å². The summed E-state index contributed by atoms with van der Waals surface area (Å²) in [4.78, 5) is 12.5. The molecule has 0 radical (unpaired) electrons. The van der Waals surface area contributed by atoms with Crippen LogP contribution in [0.3, 0.4) is 0 Å². The Labute approximate surface area is 195 Å². The van der Waals surface area contributed by atoms with E-state index in [-0.39, 0.29) is 19.1 Å². The number of methoxy groups -OCH3 is 1. The second-order valence-corrected chi connectivity index (χ2v) is 8.53. The van der Waals surface area contributed by atoms with Crippen molar-refractivity contribution in [3.05, 3.63) is 88.0 Å². The molecule has 0 aliphatic rings. The lowest BCUT2D eigenvalue weighted by atomic mass is 9.99. The molecule has 1 aromatic heterocycles. The number of rotatable bonds is 7. The molecule has 4 rings (SSSR count). The Morgan fingerprint density at radius 2 is 1.88 bits per heavy atom. The third-order valence-electron chi connectivity index (χ3n) is 5.60. The van der Waals surface area contributed by atoms with Crippen LogP contribution in [0.1, 0.15) is 21.6 Å². The van der Waals surface area contributed by atoms with Gasteiger partial charge in [0, 0.05) is 45.3 Å². The van der Waals surface area contributed by atoms with Gasteiger partial charge in [-0.25, -0.2) is 0 Å². The van der Waals surface area contributed by atoms with Crippen LogP contribution in [0.25, 0.3) is 22.0 Å². The fraction of sp³-hybridized carbons (Fsp3) is 0.192. The number of carbonyl (C=O) groups is 1. The molecule has 0 unspecified atom stereocenters. The molecule has 5 nitrogen and oxygen atoms in total. The van der Waals surface area contributed by atoms with Crippen molar-refractivity contribution in [2.24, 2.45) is 0 Å². The fourth-order valence-corrected chi connectivity index (χ4v) is 4.28. The number of benzene rings is 3. The zero-order chi connectivity index (χ0) is 22.7. The minimum Gasteiger partial charge on any atom is -0.497 e. The van der Waals surface area contributed by atoms with Crippen molar-refractivity contribution in [1.29, 1.82) is 0 Å². The summed E-state index contributed by atoms with van der Waals surface area (Å²) in [5.41, 5.74) is 6.03. The first-order chi connectivity index (χ1) is 15.5. The summed E-state index contributed by atoms with van der Waals surface area (Å²) >= 11 is 3.50. The van der Waals surface area contributed by atoms with E-state index in [0.29, 0.717) is 5.56 Å². The monoisotopic (exact) mass is 492 g/mol. The first-order valence-corrected chi connectivity index (χ1v) is 11.2. The maximum atomic E-state index is 12.5. The Kier molecular flexibility index (Phi) is 6.63. The van der Waals surface area contributed by atoms with Crippen molar-refractivity contribution in [3.63, 3.8) is 0 Å². The van der Waals surface area contributed by atoms with Crippen molar-refractivity contribution >= 4 is 32.7 Å². The van der Waals surface area contributed by atoms with Crippen LogP contribution in [-0.4, -0.2) is 35.8 Å². The number of nitrogens with zero attached hydrogens (tertiary/aromatic N) is 1. The molecule has 0 spiro atoms. The van der Waals surface area contributed by atoms with Crippen molar-refractivity contribution in [2.75, 3.05) is 20.3 Å². The van der Waals surface area contributed by atoms with Crippen LogP contribution in [-0.2, 0) is 6.54 Å². The van der Waals surface area contributed by atoms with Gasteiger partial charge in [-0.15, -0.1) is 0 Å². The van der Waals surface area contributed by atoms with Crippen LogP contribution in [0, 0.1) is 6.92 Å². The smallest absolute Gasteiger partial charge is 0.251 e. The van der Waals surface area contributed by atoms with E-state index in [1.807, 2.05) is 30.3 Å². The highest BCUT2D eigenvalue weighted by Crippen LogP contribution is 2.37. The van der Waals surface area contributed by atoms with E-state index in [4.69, 9.17) is 9.84 Å². The molecule has 0 atom stereocenters. The molecule has 0 fully saturated rings. The standard InChI is InChI=1S/C26H25BrN2O3/c1-17-25(19-4-3-5-20(14-19)26(31)28-12-13-30)23-15-22(32-2)10-11-24(23)29(17)16-18-6-8-21(27)9-7-18/h3-11,14-15,30H,12-13,16H2,1-2H3,(H,28,31). The normalized spacial score (nSPS) is 11.0. The van der Waals surface area contributed by atoms with Gasteiger partial charge in [-0.2, -0.15) is 0 Å². The predicted molar refractivity (Wildman–Crippen MR) is 131 cm³/mol. The lowest BCUT2D eigenvalue weighted by Gasteiger charge is -2.10. The summed E-state index contributed by atoms with van der Waals surface area (Å²) < 4.78 is 8.85. The molecule has 6 heteroatoms. The predicted octanol–water partition coefficient (Wildman–Crippen LogP) is 5.16. The molecular formula is C26H25BrN2O3. The number of nitrogens with one attached hydrogen (secondary N) is 1. The third kappa shape index (κ3) is 4.42. The quantitative estimate of drug-likeness (QED) is 0.374. The first-order valence-electron chi connectivity index (χ1n) is 10.4. The maximum Gasteiger partial charge on any atom is 0.251 e. The van der Waals surface area contributed by atoms with Crippen molar-refractivity contribution in [3.8, 4) is 16.9 Å². The molecule has 0 saturated heterocycles. The van der Waals surface area contributed by atoms with E-state index in [2.05, 4.69) is 63.1 Å². The van der Waals surface area contributed by atoms with Gasteiger partial charge < -0.3 is 19.7 Å². The molecule has 0 aliphatic carbocycles. The number of halogens is 1. The van der Waals surface area contributed by atoms with Crippen molar-refractivity contribution in [2.45, 2.75) is 13.5 Å². The Morgan fingerprint density at radius 1 is 1.09 bits per heavy atom. The molecule has 1 heterocycles. The van der Waals surface area contributed by atoms with Gasteiger partial charge in [0.05, 0.1) is 13.7 Å². The maximum absolute atomic E-state index is 12.5. The van der Waals surface area contributed by atoms with Crippen molar-refractivity contribution in [1.82, 2.24) is 9.88 Å². The Bertz CT molecular complexity index is 1260. The highest BCUT2D eigenvalue weighted by Gasteiger charge is 2.18. The second kappa shape index (κ2) is 9.59. The van der Waals surface area contributed by atoms with E-state index in [9.17, 15) is 4.79 Å². The zero-order valence-electron chi connectivity index (χ0n) is 18.1. The van der Waals surface area contributed by atoms with Gasteiger partial charge in [-0.1, -0.05) is 40.2 Å². The van der Waals surface area contributed by atoms with E-state index in [0.717, 1.165) is 44.5 Å². The summed E-state index contributed by atoms with van der Waals surface area (Å²) in [6.45, 7) is 2.98. The number of hydrogen-bond donors (Lipinski definition) is 2. The summed E-state index contributed by atoms with van der Waals surface area (Å²) in [6.07, 6.45) is 0. The van der Waals surface area contributed by atoms with Crippen LogP contribution in [0.15, 0.2) is 71.2 Å². The summed E-state index contributed by atoms with van der Waals surface area (Å²) in [5, 5.41) is 12.8. The zero-order valence-corrected chi connectivity index (χ0v) is 19.6. The van der Waals surface area contributed by atoms with E-state index in [1.54, 1.807) is 13.2 Å². The molecule has 2 N–H and O–H groups in total. The van der Waals surface area contributed by atoms with Crippen molar-refractivity contribution < 1.29 is 14.6 Å². The SMILES string of the molecule is COc1ccc2c(c1)c(-c1cccc(C(=O)NCCO)c1)c(C)n2Cc1ccc(Br)cc1. The number of aliphatic hydroxyl groups excluding tert-OH is 1. The summed E-state index contributed by atoms with van der Waals surface area (Å²) in [5.74, 6) is 0.589. The molecule has 164 valence electrons. The van der Waals surface area contributed by atoms with Gasteiger partial charge in [0.15, 0.2) is 0 Å². The number of aromatic nitrogens is 1. The number of amides is 1. The highest BCUT2D eigenvalue weighted by atomic mass is 79.9. The van der Waals surface area contributed by atoms with Gasteiger partial charge in [-0.3, -0.25) is 4.79 Å². The van der Waals surface area contributed by atoms with Crippen LogP contribution < -0.4 is 10.1 Å². The molecular weight excluding hydrogens is 468 g/mol. The molecule has 0 saturated carbocycles. The fourth-order valence-electron chi connectivity index (χ4n) is 4.02. The molecule has 0 bridgehead atoms. The topological polar surface area (TPSA) is 63.5 Å². The Balaban J connectivity index is 1.85. The van der Waals surface area contributed by atoms with E-state index < -0.39 is 0 Å². The lowest BCUT2D eigenvalue weighted by molar-refractivity contribution is 0.0945. The van der Waals surface area contributed by atoms with Gasteiger partial charge >= 0.3 is 0 Å². The lowest BCUT2D eigenvalue weighted by Crippen LogP contribution is -2.26. The van der Waals surface area contributed by atoms with Crippen LogP contribution in [0.2, 0.25) is 0 Å². The number of fused-ring (bicyclic) bond motifs is 1. The third-order valence-corrected chi connectivity index (χ3v) is 6.12. The minimum atomic E-state index is -0.199. The molecule has 4 aromatic rings. The highest BCUT2D eigenvalue weighted by molar-refractivity contribution is 9.10. The molecule has 3 aromatic carbocycles. The first kappa shape index (κ1) is 22.1. The number of aliphatic hydroxyl groups is 1. The number of carbonyl (C=O) groups excluding carboxylic acids is 1. The van der Waals surface area contributed by atoms with Crippen LogP contribution in [0.4, 0.5) is 0 Å². The Hall–Kier alpha value is -3.09. The molecule has 32 heavy (non-hydrogen) atoms. The van der Waals surface area contributed by atoms with E-state index >= 15 is 0 Å². The molecule has 0 aliphatic heterocycles. The average molecular weight is 493 g/mol. The Morgan fingerprint density at radius 3 is 2.59 bits per heavy atom. The minimum absolute atomic E-state index is 0.0894. The van der Waals surface area contributed by atoms with Gasteiger partial charge in [-0.05, 0) is 60.5 Å². The largest absolute Gasteiger partial charge is 0.497 e. The second-order valence-electron chi connectivity index (χ2n) is 7.62. The average Bonchev–Trinajstić information content (AvgIpc) is 3.09. The summed E-state index contributed by atoms with van der Waals surface area (Å²) in [6, 6.07) is 22.0. The number of ether oxygens (including phenoxy) is 1. The molecule has 1 amide bonds. The summed E-state index contributed by atoms with van der Waals surface area (Å²) in [7, 11) is 1.67.